The molecule has 0 aliphatic carbocycles. The van der Waals surface area contributed by atoms with Crippen molar-refractivity contribution >= 4 is 34.5 Å². The Hall–Kier alpha value is -3.80. The third-order valence-electron chi connectivity index (χ3n) is 5.10. The summed E-state index contributed by atoms with van der Waals surface area (Å²) in [5, 5.41) is 5.85. The number of rotatable bonds is 3. The van der Waals surface area contributed by atoms with Crippen LogP contribution in [-0.4, -0.2) is 17.6 Å². The first-order chi connectivity index (χ1) is 14.3. The van der Waals surface area contributed by atoms with E-state index in [4.69, 9.17) is 4.42 Å². The van der Waals surface area contributed by atoms with E-state index in [1.165, 1.54) is 0 Å². The van der Waals surface area contributed by atoms with Gasteiger partial charge in [-0.2, -0.15) is 4.98 Å². The largest absolute Gasteiger partial charge is 0.423 e. The number of hydrogen-bond donors (Lipinski definition) is 2. The zero-order valence-corrected chi connectivity index (χ0v) is 15.8. The van der Waals surface area contributed by atoms with E-state index in [-0.39, 0.29) is 6.03 Å². The van der Waals surface area contributed by atoms with Crippen molar-refractivity contribution in [2.75, 3.05) is 22.1 Å². The molecule has 3 aromatic carbocycles. The predicted molar refractivity (Wildman–Crippen MR) is 114 cm³/mol. The minimum Gasteiger partial charge on any atom is -0.423 e. The van der Waals surface area contributed by atoms with E-state index in [2.05, 4.69) is 26.6 Å². The summed E-state index contributed by atoms with van der Waals surface area (Å²) >= 11 is 0. The molecule has 1 aromatic heterocycles. The fourth-order valence-corrected chi connectivity index (χ4v) is 3.69. The van der Waals surface area contributed by atoms with Crippen LogP contribution in [0.15, 0.2) is 77.2 Å². The van der Waals surface area contributed by atoms with Crippen LogP contribution < -0.4 is 15.5 Å². The van der Waals surface area contributed by atoms with Crippen LogP contribution in [-0.2, 0) is 13.0 Å². The smallest absolute Gasteiger partial charge is 0.323 e. The van der Waals surface area contributed by atoms with Crippen LogP contribution in [0.5, 0.6) is 0 Å². The van der Waals surface area contributed by atoms with E-state index in [0.29, 0.717) is 12.6 Å². The lowest BCUT2D eigenvalue weighted by molar-refractivity contribution is 0.262. The number of aromatic nitrogens is 1. The molecule has 0 radical (unpaired) electrons. The number of urea groups is 1. The highest BCUT2D eigenvalue weighted by Gasteiger charge is 2.23. The summed E-state index contributed by atoms with van der Waals surface area (Å²) in [5.74, 6) is 0. The van der Waals surface area contributed by atoms with Crippen LogP contribution >= 0.6 is 0 Å². The second-order valence-corrected chi connectivity index (χ2v) is 7.02. The van der Waals surface area contributed by atoms with Gasteiger partial charge in [0.15, 0.2) is 5.58 Å². The molecule has 0 saturated carbocycles. The lowest BCUT2D eigenvalue weighted by Crippen LogP contribution is -2.31. The molecular weight excluding hydrogens is 364 g/mol. The Balaban J connectivity index is 1.34. The van der Waals surface area contributed by atoms with Gasteiger partial charge in [-0.15, -0.1) is 0 Å². The topological polar surface area (TPSA) is 70.4 Å². The Morgan fingerprint density at radius 3 is 2.62 bits per heavy atom. The predicted octanol–water partition coefficient (Wildman–Crippen LogP) is 5.03. The zero-order valence-electron chi connectivity index (χ0n) is 15.8. The number of benzene rings is 3. The molecule has 0 fully saturated rings. The Bertz CT molecular complexity index is 1140. The standard InChI is InChI=1S/C23H20N4O2/c28-22(24-17-8-2-1-3-9-17)25-19-11-6-7-16-15-27(14-13-18(16)19)23-26-20-10-4-5-12-21(20)29-23/h1-12H,13-15H2,(H2,24,25,28). The van der Waals surface area contributed by atoms with Gasteiger partial charge in [-0.1, -0.05) is 42.5 Å². The molecule has 0 bridgehead atoms. The average Bonchev–Trinajstić information content (AvgIpc) is 3.19. The molecule has 144 valence electrons. The van der Waals surface area contributed by atoms with Crippen molar-refractivity contribution in [2.45, 2.75) is 13.0 Å². The molecule has 6 nitrogen and oxygen atoms in total. The summed E-state index contributed by atoms with van der Waals surface area (Å²) < 4.78 is 5.92. The van der Waals surface area contributed by atoms with Gasteiger partial charge in [-0.25, -0.2) is 4.79 Å². The maximum atomic E-state index is 12.4. The monoisotopic (exact) mass is 384 g/mol. The summed E-state index contributed by atoms with van der Waals surface area (Å²) in [5.41, 5.74) is 5.58. The molecule has 1 aliphatic rings. The van der Waals surface area contributed by atoms with Gasteiger partial charge in [0.2, 0.25) is 0 Å². The van der Waals surface area contributed by atoms with Crippen LogP contribution in [0.1, 0.15) is 11.1 Å². The number of carbonyl (C=O) groups is 1. The molecule has 4 aromatic rings. The molecule has 0 unspecified atom stereocenters. The molecule has 2 amide bonds. The summed E-state index contributed by atoms with van der Waals surface area (Å²) in [4.78, 5) is 19.1. The van der Waals surface area contributed by atoms with Gasteiger partial charge >= 0.3 is 6.03 Å². The molecular formula is C23H20N4O2. The lowest BCUT2D eigenvalue weighted by atomic mass is 9.98. The van der Waals surface area contributed by atoms with Gasteiger partial charge in [0.1, 0.15) is 5.52 Å². The van der Waals surface area contributed by atoms with Crippen molar-refractivity contribution < 1.29 is 9.21 Å². The Kier molecular flexibility index (Phi) is 4.37. The third-order valence-corrected chi connectivity index (χ3v) is 5.10. The molecule has 29 heavy (non-hydrogen) atoms. The van der Waals surface area contributed by atoms with Crippen LogP contribution in [0.4, 0.5) is 22.2 Å². The first kappa shape index (κ1) is 17.3. The summed E-state index contributed by atoms with van der Waals surface area (Å²) in [6, 6.07) is 23.6. The summed E-state index contributed by atoms with van der Waals surface area (Å²) in [7, 11) is 0. The van der Waals surface area contributed by atoms with E-state index in [9.17, 15) is 4.79 Å². The normalized spacial score (nSPS) is 13.2. The van der Waals surface area contributed by atoms with E-state index in [0.717, 1.165) is 46.6 Å². The number of anilines is 3. The molecule has 6 heteroatoms. The van der Waals surface area contributed by atoms with Crippen molar-refractivity contribution in [3.05, 3.63) is 83.9 Å². The molecule has 2 heterocycles. The Morgan fingerprint density at radius 1 is 0.931 bits per heavy atom. The molecule has 2 N–H and O–H groups in total. The van der Waals surface area contributed by atoms with Crippen LogP contribution in [0.3, 0.4) is 0 Å². The Morgan fingerprint density at radius 2 is 1.76 bits per heavy atom. The fraction of sp³-hybridized carbons (Fsp3) is 0.130. The molecule has 1 aliphatic heterocycles. The molecule has 0 atom stereocenters. The fourth-order valence-electron chi connectivity index (χ4n) is 3.69. The van der Waals surface area contributed by atoms with Crippen molar-refractivity contribution in [3.63, 3.8) is 0 Å². The van der Waals surface area contributed by atoms with Gasteiger partial charge < -0.3 is 20.0 Å². The maximum Gasteiger partial charge on any atom is 0.323 e. The van der Waals surface area contributed by atoms with Gasteiger partial charge in [0.05, 0.1) is 0 Å². The van der Waals surface area contributed by atoms with Crippen LogP contribution in [0.2, 0.25) is 0 Å². The highest BCUT2D eigenvalue weighted by Crippen LogP contribution is 2.30. The second-order valence-electron chi connectivity index (χ2n) is 7.02. The zero-order chi connectivity index (χ0) is 19.6. The van der Waals surface area contributed by atoms with E-state index < -0.39 is 0 Å². The first-order valence-corrected chi connectivity index (χ1v) is 9.60. The lowest BCUT2D eigenvalue weighted by Gasteiger charge is -2.29. The highest BCUT2D eigenvalue weighted by molar-refractivity contribution is 6.00. The minimum atomic E-state index is -0.244. The van der Waals surface area contributed by atoms with Gasteiger partial charge in [0, 0.05) is 24.5 Å². The first-order valence-electron chi connectivity index (χ1n) is 9.60. The molecule has 0 saturated heterocycles. The average molecular weight is 384 g/mol. The van der Waals surface area contributed by atoms with Crippen molar-refractivity contribution in [2.24, 2.45) is 0 Å². The van der Waals surface area contributed by atoms with Gasteiger partial charge in [-0.05, 0) is 47.9 Å². The van der Waals surface area contributed by atoms with Crippen LogP contribution in [0.25, 0.3) is 11.1 Å². The summed E-state index contributed by atoms with van der Waals surface area (Å²) in [6.07, 6.45) is 0.801. The van der Waals surface area contributed by atoms with E-state index >= 15 is 0 Å². The Labute approximate surface area is 168 Å². The van der Waals surface area contributed by atoms with E-state index in [1.54, 1.807) is 0 Å². The number of fused-ring (bicyclic) bond motifs is 2. The second kappa shape index (κ2) is 7.31. The number of amides is 2. The van der Waals surface area contributed by atoms with Gasteiger partial charge in [-0.3, -0.25) is 0 Å². The number of nitrogens with zero attached hydrogens (tertiary/aromatic N) is 2. The number of hydrogen-bond acceptors (Lipinski definition) is 4. The third kappa shape index (κ3) is 3.52. The SMILES string of the molecule is O=C(Nc1ccccc1)Nc1cccc2c1CCN(c1nc3ccccc3o1)C2. The summed E-state index contributed by atoms with van der Waals surface area (Å²) in [6.45, 7) is 1.47. The number of oxazole rings is 1. The van der Waals surface area contributed by atoms with Crippen LogP contribution in [0, 0.1) is 0 Å². The number of para-hydroxylation sites is 3. The van der Waals surface area contributed by atoms with Crippen molar-refractivity contribution in [1.82, 2.24) is 4.98 Å². The van der Waals surface area contributed by atoms with E-state index in [1.807, 2.05) is 66.7 Å². The molecule has 5 rings (SSSR count). The van der Waals surface area contributed by atoms with Gasteiger partial charge in [0.25, 0.3) is 6.01 Å². The highest BCUT2D eigenvalue weighted by atomic mass is 16.4. The quantitative estimate of drug-likeness (QED) is 0.519. The minimum absolute atomic E-state index is 0.244. The molecule has 0 spiro atoms. The number of carbonyl (C=O) groups excluding carboxylic acids is 1. The number of nitrogens with one attached hydrogen (secondary N) is 2. The van der Waals surface area contributed by atoms with Crippen molar-refractivity contribution in [3.8, 4) is 0 Å². The van der Waals surface area contributed by atoms with Crippen molar-refractivity contribution in [1.29, 1.82) is 0 Å². The maximum absolute atomic E-state index is 12.4.